The lowest BCUT2D eigenvalue weighted by Crippen LogP contribution is -2.57. The topological polar surface area (TPSA) is 234 Å². The van der Waals surface area contributed by atoms with Crippen LogP contribution >= 0.6 is 0 Å². The number of carboxylic acid groups (broad SMARTS) is 2. The molecule has 0 bridgehead atoms. The Hall–Kier alpha value is -2.77. The van der Waals surface area contributed by atoms with Crippen LogP contribution in [0.5, 0.6) is 0 Å². The zero-order chi connectivity index (χ0) is 22.6. The Labute approximate surface area is 167 Å². The van der Waals surface area contributed by atoms with Crippen LogP contribution < -0.4 is 27.4 Å². The van der Waals surface area contributed by atoms with Gasteiger partial charge >= 0.3 is 11.9 Å². The van der Waals surface area contributed by atoms with Gasteiger partial charge in [0, 0.05) is 0 Å². The molecule has 4 atom stereocenters. The molecule has 0 aliphatic rings. The van der Waals surface area contributed by atoms with Crippen molar-refractivity contribution in [3.63, 3.8) is 0 Å². The van der Waals surface area contributed by atoms with Crippen molar-refractivity contribution in [1.29, 1.82) is 0 Å². The molecule has 0 aliphatic heterocycles. The van der Waals surface area contributed by atoms with Crippen molar-refractivity contribution in [2.45, 2.75) is 56.8 Å². The molecule has 29 heavy (non-hydrogen) atoms. The van der Waals surface area contributed by atoms with Crippen LogP contribution in [0.1, 0.15) is 32.6 Å². The number of hydrogen-bond acceptors (Lipinski definition) is 8. The maximum atomic E-state index is 12.1. The Bertz CT molecular complexity index is 598. The maximum absolute atomic E-state index is 12.1. The molecule has 3 amide bonds. The van der Waals surface area contributed by atoms with Gasteiger partial charge in [-0.25, -0.2) is 4.79 Å². The lowest BCUT2D eigenvalue weighted by molar-refractivity contribution is -0.142. The summed E-state index contributed by atoms with van der Waals surface area (Å²) < 4.78 is 0. The molecule has 0 fully saturated rings. The van der Waals surface area contributed by atoms with Gasteiger partial charge in [0.25, 0.3) is 0 Å². The largest absolute Gasteiger partial charge is 0.481 e. The van der Waals surface area contributed by atoms with Gasteiger partial charge in [-0.15, -0.1) is 0 Å². The summed E-state index contributed by atoms with van der Waals surface area (Å²) >= 11 is 0. The summed E-state index contributed by atoms with van der Waals surface area (Å²) in [5.74, 6) is -5.23. The minimum atomic E-state index is -1.49. The third kappa shape index (κ3) is 11.0. The summed E-state index contributed by atoms with van der Waals surface area (Å²) in [6.07, 6.45) is -0.798. The van der Waals surface area contributed by atoms with Crippen molar-refractivity contribution < 1.29 is 39.3 Å². The molecule has 0 heterocycles. The first-order chi connectivity index (χ1) is 13.5. The van der Waals surface area contributed by atoms with Gasteiger partial charge in [-0.1, -0.05) is 0 Å². The number of nitrogens with one attached hydrogen (secondary N) is 3. The zero-order valence-electron chi connectivity index (χ0n) is 16.1. The lowest BCUT2D eigenvalue weighted by Gasteiger charge is -2.22. The summed E-state index contributed by atoms with van der Waals surface area (Å²) in [5.41, 5.74) is 10.7. The van der Waals surface area contributed by atoms with E-state index in [4.69, 9.17) is 21.7 Å². The van der Waals surface area contributed by atoms with E-state index in [0.717, 1.165) is 0 Å². The molecule has 0 saturated carbocycles. The zero-order valence-corrected chi connectivity index (χ0v) is 16.1. The first-order valence-corrected chi connectivity index (χ1v) is 8.95. The van der Waals surface area contributed by atoms with Gasteiger partial charge in [-0.05, 0) is 32.7 Å². The molecular formula is C16H29N5O8. The highest BCUT2D eigenvalue weighted by Crippen LogP contribution is 2.01. The number of aliphatic carboxylic acids is 2. The smallest absolute Gasteiger partial charge is 0.326 e. The fourth-order valence-corrected chi connectivity index (χ4v) is 2.22. The normalized spacial score (nSPS) is 14.8. The highest BCUT2D eigenvalue weighted by molar-refractivity contribution is 5.93. The van der Waals surface area contributed by atoms with Gasteiger partial charge in [-0.2, -0.15) is 0 Å². The monoisotopic (exact) mass is 419 g/mol. The number of amides is 3. The standard InChI is InChI=1S/C16H29N5O8/c1-8(22)13(21-14(26)9(18)6-12(24)25)15(27)19-7-11(23)20-10(16(28)29)4-2-3-5-17/h8-10,13,22H,2-7,17-18H2,1H3,(H,19,27)(H,20,23)(H,21,26)(H,24,25)(H,28,29). The summed E-state index contributed by atoms with van der Waals surface area (Å²) in [6.45, 7) is 0.990. The predicted molar refractivity (Wildman–Crippen MR) is 99.3 cm³/mol. The SMILES string of the molecule is CC(O)C(NC(=O)C(N)CC(=O)O)C(=O)NCC(=O)NC(CCCCN)C(=O)O. The average Bonchev–Trinajstić information content (AvgIpc) is 2.62. The van der Waals surface area contributed by atoms with Crippen molar-refractivity contribution in [2.75, 3.05) is 13.1 Å². The number of carbonyl (C=O) groups is 5. The minimum absolute atomic E-state index is 0.167. The summed E-state index contributed by atoms with van der Waals surface area (Å²) in [5, 5.41) is 33.9. The molecule has 13 heteroatoms. The molecule has 0 radical (unpaired) electrons. The van der Waals surface area contributed by atoms with E-state index < -0.39 is 66.9 Å². The fraction of sp³-hybridized carbons (Fsp3) is 0.688. The van der Waals surface area contributed by atoms with Crippen LogP contribution in [0, 0.1) is 0 Å². The first kappa shape index (κ1) is 26.2. The Morgan fingerprint density at radius 1 is 1.00 bits per heavy atom. The molecule has 0 aromatic heterocycles. The number of unbranched alkanes of at least 4 members (excludes halogenated alkanes) is 1. The summed E-state index contributed by atoms with van der Waals surface area (Å²) in [6, 6.07) is -4.07. The van der Waals surface area contributed by atoms with E-state index in [2.05, 4.69) is 16.0 Å². The molecule has 0 rings (SSSR count). The molecule has 0 spiro atoms. The highest BCUT2D eigenvalue weighted by Gasteiger charge is 2.29. The molecule has 0 saturated heterocycles. The van der Waals surface area contributed by atoms with Crippen LogP contribution in [0.15, 0.2) is 0 Å². The van der Waals surface area contributed by atoms with Crippen LogP contribution in [0.3, 0.4) is 0 Å². The van der Waals surface area contributed by atoms with Gasteiger partial charge < -0.3 is 42.7 Å². The second kappa shape index (κ2) is 13.4. The van der Waals surface area contributed by atoms with Crippen LogP contribution in [0.4, 0.5) is 0 Å². The number of nitrogens with two attached hydrogens (primary N) is 2. The van der Waals surface area contributed by atoms with Crippen molar-refractivity contribution in [2.24, 2.45) is 11.5 Å². The molecule has 10 N–H and O–H groups in total. The van der Waals surface area contributed by atoms with E-state index in [-0.39, 0.29) is 6.42 Å². The van der Waals surface area contributed by atoms with Crippen molar-refractivity contribution in [1.82, 2.24) is 16.0 Å². The molecular weight excluding hydrogens is 390 g/mol. The number of rotatable bonds is 14. The van der Waals surface area contributed by atoms with Crippen molar-refractivity contribution >= 4 is 29.7 Å². The Morgan fingerprint density at radius 2 is 1.62 bits per heavy atom. The third-order valence-electron chi connectivity index (χ3n) is 3.80. The first-order valence-electron chi connectivity index (χ1n) is 8.95. The van der Waals surface area contributed by atoms with E-state index in [1.807, 2.05) is 0 Å². The Balaban J connectivity index is 4.70. The Morgan fingerprint density at radius 3 is 2.10 bits per heavy atom. The van der Waals surface area contributed by atoms with Crippen LogP contribution in [-0.4, -0.2) is 82.3 Å². The van der Waals surface area contributed by atoms with Gasteiger partial charge in [0.15, 0.2) is 0 Å². The fourth-order valence-electron chi connectivity index (χ4n) is 2.22. The van der Waals surface area contributed by atoms with Crippen LogP contribution in [0.25, 0.3) is 0 Å². The summed E-state index contributed by atoms with van der Waals surface area (Å²) in [7, 11) is 0. The number of carboxylic acids is 2. The number of carbonyl (C=O) groups excluding carboxylic acids is 3. The van der Waals surface area contributed by atoms with E-state index in [0.29, 0.717) is 19.4 Å². The van der Waals surface area contributed by atoms with Crippen molar-refractivity contribution in [3.05, 3.63) is 0 Å². The molecule has 0 aromatic carbocycles. The van der Waals surface area contributed by atoms with E-state index in [9.17, 15) is 29.1 Å². The second-order valence-electron chi connectivity index (χ2n) is 6.39. The number of aliphatic hydroxyl groups is 1. The maximum Gasteiger partial charge on any atom is 0.326 e. The molecule has 0 aromatic rings. The molecule has 13 nitrogen and oxygen atoms in total. The van der Waals surface area contributed by atoms with Crippen LogP contribution in [0.2, 0.25) is 0 Å². The van der Waals surface area contributed by atoms with Gasteiger partial charge in [0.2, 0.25) is 17.7 Å². The van der Waals surface area contributed by atoms with Gasteiger partial charge in [0.1, 0.15) is 12.1 Å². The number of hydrogen-bond donors (Lipinski definition) is 8. The lowest BCUT2D eigenvalue weighted by atomic mass is 10.1. The molecule has 166 valence electrons. The summed E-state index contributed by atoms with van der Waals surface area (Å²) in [4.78, 5) is 57.6. The second-order valence-corrected chi connectivity index (χ2v) is 6.39. The predicted octanol–water partition coefficient (Wildman–Crippen LogP) is -3.53. The molecule has 4 unspecified atom stereocenters. The number of aliphatic hydroxyl groups excluding tert-OH is 1. The van der Waals surface area contributed by atoms with Crippen molar-refractivity contribution in [3.8, 4) is 0 Å². The quantitative estimate of drug-likeness (QED) is 0.129. The Kier molecular flexibility index (Phi) is 12.1. The van der Waals surface area contributed by atoms with E-state index in [1.165, 1.54) is 6.92 Å². The van der Waals surface area contributed by atoms with E-state index >= 15 is 0 Å². The van der Waals surface area contributed by atoms with Gasteiger partial charge in [0.05, 0.1) is 25.1 Å². The average molecular weight is 419 g/mol. The highest BCUT2D eigenvalue weighted by atomic mass is 16.4. The van der Waals surface area contributed by atoms with Gasteiger partial charge in [-0.3, -0.25) is 19.2 Å². The van der Waals surface area contributed by atoms with E-state index in [1.54, 1.807) is 0 Å². The third-order valence-corrected chi connectivity index (χ3v) is 3.80. The minimum Gasteiger partial charge on any atom is -0.481 e. The molecule has 0 aliphatic carbocycles. The van der Waals surface area contributed by atoms with Crippen LogP contribution in [-0.2, 0) is 24.0 Å².